The van der Waals surface area contributed by atoms with Gasteiger partial charge in [-0.1, -0.05) is 140 Å². The first kappa shape index (κ1) is 28.5. The first-order valence-electron chi connectivity index (χ1n) is 16.2. The fourth-order valence-electron chi connectivity index (χ4n) is 6.28. The maximum absolute atomic E-state index is 6.31. The molecule has 0 radical (unpaired) electrons. The van der Waals surface area contributed by atoms with Crippen LogP contribution in [0.3, 0.4) is 0 Å². The van der Waals surface area contributed by atoms with Gasteiger partial charge in [0.15, 0.2) is 17.2 Å². The summed E-state index contributed by atoms with van der Waals surface area (Å²) >= 11 is 0. The molecule has 230 valence electrons. The van der Waals surface area contributed by atoms with Crippen molar-refractivity contribution in [1.29, 1.82) is 0 Å². The molecule has 0 aliphatic heterocycles. The van der Waals surface area contributed by atoms with Crippen molar-refractivity contribution in [2.45, 2.75) is 0 Å². The van der Waals surface area contributed by atoms with Gasteiger partial charge in [0.2, 0.25) is 0 Å². The van der Waals surface area contributed by atoms with Gasteiger partial charge in [0.1, 0.15) is 16.8 Å². The number of fused-ring (bicyclic) bond motifs is 3. The van der Waals surface area contributed by atoms with Gasteiger partial charge in [-0.2, -0.15) is 0 Å². The van der Waals surface area contributed by atoms with Crippen LogP contribution in [0.25, 0.3) is 89.7 Å². The number of nitrogens with zero attached hydrogens (tertiary/aromatic N) is 4. The van der Waals surface area contributed by atoms with Crippen LogP contribution in [0.5, 0.6) is 0 Å². The molecule has 0 amide bonds. The minimum atomic E-state index is 0.641. The maximum Gasteiger partial charge on any atom is 0.180 e. The third kappa shape index (κ3) is 5.43. The molecule has 5 heteroatoms. The molecule has 0 spiro atoms. The molecule has 0 saturated heterocycles. The maximum atomic E-state index is 6.31. The van der Waals surface area contributed by atoms with Gasteiger partial charge in [-0.05, 0) is 41.5 Å². The average Bonchev–Trinajstić information content (AvgIpc) is 3.57. The van der Waals surface area contributed by atoms with Crippen LogP contribution in [-0.4, -0.2) is 19.9 Å². The normalized spacial score (nSPS) is 11.3. The smallest absolute Gasteiger partial charge is 0.180 e. The van der Waals surface area contributed by atoms with E-state index in [9.17, 15) is 0 Å². The minimum absolute atomic E-state index is 0.641. The van der Waals surface area contributed by atoms with Gasteiger partial charge in [-0.3, -0.25) is 0 Å². The SMILES string of the molecule is c1ccc(-c2cc(-c3ccccc3)nc(-c3cccc(-c4cccc(-c5nc(-c6ccccc6)c6oc7ccccc7c6n5)c4)c3)n2)cc1. The third-order valence-corrected chi connectivity index (χ3v) is 8.71. The number of para-hydroxylation sites is 1. The summed E-state index contributed by atoms with van der Waals surface area (Å²) in [4.78, 5) is 20.3. The summed E-state index contributed by atoms with van der Waals surface area (Å²) in [5.74, 6) is 1.31. The van der Waals surface area contributed by atoms with Gasteiger partial charge < -0.3 is 4.42 Å². The minimum Gasteiger partial charge on any atom is -0.452 e. The van der Waals surface area contributed by atoms with E-state index in [0.717, 1.165) is 72.5 Å². The highest BCUT2D eigenvalue weighted by Crippen LogP contribution is 2.36. The number of aromatic nitrogens is 4. The summed E-state index contributed by atoms with van der Waals surface area (Å²) in [6, 6.07) is 57.5. The lowest BCUT2D eigenvalue weighted by Crippen LogP contribution is -1.96. The van der Waals surface area contributed by atoms with E-state index in [1.165, 1.54) is 0 Å². The van der Waals surface area contributed by atoms with E-state index in [-0.39, 0.29) is 0 Å². The Morgan fingerprint density at radius 1 is 0.347 bits per heavy atom. The Hall–Kier alpha value is -6.72. The Morgan fingerprint density at radius 3 is 1.41 bits per heavy atom. The highest BCUT2D eigenvalue weighted by atomic mass is 16.3. The van der Waals surface area contributed by atoms with Crippen LogP contribution in [0.4, 0.5) is 0 Å². The topological polar surface area (TPSA) is 64.7 Å². The van der Waals surface area contributed by atoms with E-state index in [2.05, 4.69) is 91.0 Å². The Bertz CT molecular complexity index is 2540. The lowest BCUT2D eigenvalue weighted by Gasteiger charge is -2.11. The third-order valence-electron chi connectivity index (χ3n) is 8.71. The van der Waals surface area contributed by atoms with Crippen molar-refractivity contribution in [2.24, 2.45) is 0 Å². The van der Waals surface area contributed by atoms with Crippen LogP contribution in [0.15, 0.2) is 174 Å². The van der Waals surface area contributed by atoms with E-state index in [4.69, 9.17) is 24.4 Å². The zero-order valence-electron chi connectivity index (χ0n) is 26.4. The van der Waals surface area contributed by atoms with E-state index in [1.54, 1.807) is 0 Å². The molecule has 9 aromatic rings. The van der Waals surface area contributed by atoms with Gasteiger partial charge in [0.25, 0.3) is 0 Å². The second-order valence-corrected chi connectivity index (χ2v) is 11.9. The molecule has 0 fully saturated rings. The lowest BCUT2D eigenvalue weighted by molar-refractivity contribution is 0.667. The first-order chi connectivity index (χ1) is 24.3. The average molecular weight is 629 g/mol. The monoisotopic (exact) mass is 628 g/mol. The van der Waals surface area contributed by atoms with Gasteiger partial charge >= 0.3 is 0 Å². The van der Waals surface area contributed by atoms with E-state index < -0.39 is 0 Å². The number of rotatable bonds is 6. The zero-order valence-corrected chi connectivity index (χ0v) is 26.4. The first-order valence-corrected chi connectivity index (χ1v) is 16.2. The standard InChI is InChI=1S/C44H28N4O/c1-4-14-29(15-5-1)37-28-38(30-16-6-2-7-17-30)46-43(45-37)34-22-12-20-32(26-34)33-21-13-23-35(27-33)44-47-40(31-18-8-3-9-19-31)42-41(48-44)36-24-10-11-25-39(36)49-42/h1-28H. The molecule has 5 nitrogen and oxygen atoms in total. The lowest BCUT2D eigenvalue weighted by atomic mass is 10.00. The number of hydrogen-bond acceptors (Lipinski definition) is 5. The summed E-state index contributed by atoms with van der Waals surface area (Å²) < 4.78 is 6.31. The highest BCUT2D eigenvalue weighted by Gasteiger charge is 2.18. The summed E-state index contributed by atoms with van der Waals surface area (Å²) in [5.41, 5.74) is 11.8. The second kappa shape index (κ2) is 12.1. The second-order valence-electron chi connectivity index (χ2n) is 11.9. The zero-order chi connectivity index (χ0) is 32.6. The quantitative estimate of drug-likeness (QED) is 0.183. The molecule has 0 aliphatic rings. The summed E-state index contributed by atoms with van der Waals surface area (Å²) in [6.45, 7) is 0. The van der Waals surface area contributed by atoms with Crippen molar-refractivity contribution >= 4 is 22.1 Å². The molecule has 3 aromatic heterocycles. The highest BCUT2D eigenvalue weighted by molar-refractivity contribution is 6.07. The molecule has 0 unspecified atom stereocenters. The Morgan fingerprint density at radius 2 is 0.816 bits per heavy atom. The molecular formula is C44H28N4O. The Labute approximate surface area is 283 Å². The summed E-state index contributed by atoms with van der Waals surface area (Å²) in [6.07, 6.45) is 0. The van der Waals surface area contributed by atoms with Crippen LogP contribution in [0, 0.1) is 0 Å². The Kier molecular flexibility index (Phi) is 7.06. The molecule has 0 aliphatic carbocycles. The predicted molar refractivity (Wildman–Crippen MR) is 198 cm³/mol. The van der Waals surface area contributed by atoms with E-state index in [1.807, 2.05) is 78.9 Å². The molecule has 0 saturated carbocycles. The van der Waals surface area contributed by atoms with Gasteiger partial charge in [0, 0.05) is 33.2 Å². The van der Waals surface area contributed by atoms with Crippen LogP contribution >= 0.6 is 0 Å². The number of hydrogen-bond donors (Lipinski definition) is 0. The fourth-order valence-corrected chi connectivity index (χ4v) is 6.28. The van der Waals surface area contributed by atoms with E-state index >= 15 is 0 Å². The number of furan rings is 1. The van der Waals surface area contributed by atoms with Crippen molar-refractivity contribution in [3.63, 3.8) is 0 Å². The molecule has 3 heterocycles. The van der Waals surface area contributed by atoms with Crippen molar-refractivity contribution < 1.29 is 4.42 Å². The van der Waals surface area contributed by atoms with Crippen LogP contribution < -0.4 is 0 Å². The van der Waals surface area contributed by atoms with Gasteiger partial charge in [-0.25, -0.2) is 19.9 Å². The van der Waals surface area contributed by atoms with Crippen LogP contribution in [-0.2, 0) is 0 Å². The van der Waals surface area contributed by atoms with Gasteiger partial charge in [-0.15, -0.1) is 0 Å². The van der Waals surface area contributed by atoms with Crippen molar-refractivity contribution in [1.82, 2.24) is 19.9 Å². The van der Waals surface area contributed by atoms with Crippen molar-refractivity contribution in [2.75, 3.05) is 0 Å². The molecule has 0 atom stereocenters. The molecule has 0 bridgehead atoms. The summed E-state index contributed by atoms with van der Waals surface area (Å²) in [7, 11) is 0. The predicted octanol–water partition coefficient (Wildman–Crippen LogP) is 11.2. The molecule has 6 aromatic carbocycles. The van der Waals surface area contributed by atoms with Crippen molar-refractivity contribution in [3.8, 4) is 67.7 Å². The van der Waals surface area contributed by atoms with E-state index in [0.29, 0.717) is 17.2 Å². The fraction of sp³-hybridized carbons (Fsp3) is 0. The van der Waals surface area contributed by atoms with Crippen LogP contribution in [0.2, 0.25) is 0 Å². The molecule has 0 N–H and O–H groups in total. The Balaban J connectivity index is 1.15. The molecule has 49 heavy (non-hydrogen) atoms. The van der Waals surface area contributed by atoms with Gasteiger partial charge in [0.05, 0.1) is 11.4 Å². The largest absolute Gasteiger partial charge is 0.452 e. The number of benzene rings is 6. The van der Waals surface area contributed by atoms with Crippen LogP contribution in [0.1, 0.15) is 0 Å². The molecular weight excluding hydrogens is 601 g/mol. The summed E-state index contributed by atoms with van der Waals surface area (Å²) in [5, 5.41) is 0.967. The molecule has 9 rings (SSSR count). The van der Waals surface area contributed by atoms with Crippen molar-refractivity contribution in [3.05, 3.63) is 170 Å².